The quantitative estimate of drug-likeness (QED) is 0.526. The zero-order valence-corrected chi connectivity index (χ0v) is 12.8. The molecule has 1 aromatic heterocycles. The second-order valence-corrected chi connectivity index (χ2v) is 5.32. The summed E-state index contributed by atoms with van der Waals surface area (Å²) in [6.45, 7) is 3.01. The maximum Gasteiger partial charge on any atom is 0.334 e. The highest BCUT2D eigenvalue weighted by Gasteiger charge is 2.44. The molecule has 0 spiro atoms. The van der Waals surface area contributed by atoms with Gasteiger partial charge in [0.1, 0.15) is 0 Å². The normalized spacial score (nSPS) is 15.1. The average molecular weight is 313 g/mol. The molecule has 0 saturated carbocycles. The summed E-state index contributed by atoms with van der Waals surface area (Å²) in [5.41, 5.74) is 1.90. The minimum Gasteiger partial charge on any atom is -0.358 e. The van der Waals surface area contributed by atoms with Crippen LogP contribution in [-0.4, -0.2) is 51.5 Å². The Kier molecular flexibility index (Phi) is 3.48. The standard InChI is InChI=1S/C16H15N3O4/c1-3-18-14(21)15(22)19(16(18)23)8-12(20)13-9(2)17-11-7-5-4-6-10(11)13/h4-7,17H,3,8H2,1-2H3. The van der Waals surface area contributed by atoms with E-state index in [0.717, 1.165) is 15.8 Å². The number of carbonyl (C=O) groups excluding carboxylic acids is 4. The number of para-hydroxylation sites is 1. The third-order valence-electron chi connectivity index (χ3n) is 3.93. The van der Waals surface area contributed by atoms with Crippen molar-refractivity contribution in [3.05, 3.63) is 35.5 Å². The van der Waals surface area contributed by atoms with E-state index in [2.05, 4.69) is 4.98 Å². The van der Waals surface area contributed by atoms with Crippen molar-refractivity contribution in [1.82, 2.24) is 14.8 Å². The molecule has 0 atom stereocenters. The number of fused-ring (bicyclic) bond motifs is 1. The summed E-state index contributed by atoms with van der Waals surface area (Å²) in [6.07, 6.45) is 0. The van der Waals surface area contributed by atoms with E-state index in [4.69, 9.17) is 0 Å². The average Bonchev–Trinajstić information content (AvgIpc) is 2.96. The summed E-state index contributed by atoms with van der Waals surface area (Å²) in [4.78, 5) is 52.9. The third-order valence-corrected chi connectivity index (χ3v) is 3.93. The number of aromatic amines is 1. The molecule has 23 heavy (non-hydrogen) atoms. The molecule has 3 rings (SSSR count). The molecule has 1 saturated heterocycles. The topological polar surface area (TPSA) is 90.6 Å². The fraction of sp³-hybridized carbons (Fsp3) is 0.250. The zero-order chi connectivity index (χ0) is 16.7. The van der Waals surface area contributed by atoms with Crippen molar-refractivity contribution in [1.29, 1.82) is 0 Å². The number of aryl methyl sites for hydroxylation is 1. The Bertz CT molecular complexity index is 852. The molecule has 0 unspecified atom stereocenters. The van der Waals surface area contributed by atoms with Gasteiger partial charge in [-0.25, -0.2) is 9.69 Å². The van der Waals surface area contributed by atoms with Crippen LogP contribution in [0.1, 0.15) is 23.0 Å². The number of hydrogen-bond donors (Lipinski definition) is 1. The van der Waals surface area contributed by atoms with E-state index in [1.54, 1.807) is 26.0 Å². The van der Waals surface area contributed by atoms with E-state index in [-0.39, 0.29) is 12.3 Å². The first-order valence-electron chi connectivity index (χ1n) is 7.23. The van der Waals surface area contributed by atoms with Gasteiger partial charge in [0.15, 0.2) is 5.78 Å². The monoisotopic (exact) mass is 313 g/mol. The molecular formula is C16H15N3O4. The lowest BCUT2D eigenvalue weighted by molar-refractivity contribution is -0.143. The van der Waals surface area contributed by atoms with Crippen molar-refractivity contribution in [3.63, 3.8) is 0 Å². The first-order valence-corrected chi connectivity index (χ1v) is 7.23. The second kappa shape index (κ2) is 5.35. The van der Waals surface area contributed by atoms with Crippen LogP contribution < -0.4 is 0 Å². The number of rotatable bonds is 4. The van der Waals surface area contributed by atoms with Gasteiger partial charge in [0.05, 0.1) is 6.54 Å². The van der Waals surface area contributed by atoms with Gasteiger partial charge in [0.25, 0.3) is 0 Å². The summed E-state index contributed by atoms with van der Waals surface area (Å²) in [5, 5.41) is 0.729. The number of ketones is 1. The highest BCUT2D eigenvalue weighted by molar-refractivity contribution is 6.45. The molecule has 7 heteroatoms. The Labute approximate surface area is 131 Å². The molecule has 1 aliphatic rings. The maximum atomic E-state index is 12.6. The molecule has 0 bridgehead atoms. The highest BCUT2D eigenvalue weighted by atomic mass is 16.2. The van der Waals surface area contributed by atoms with Crippen molar-refractivity contribution in [3.8, 4) is 0 Å². The van der Waals surface area contributed by atoms with E-state index in [1.165, 1.54) is 0 Å². The number of imide groups is 2. The Balaban J connectivity index is 1.93. The molecule has 7 nitrogen and oxygen atoms in total. The van der Waals surface area contributed by atoms with Crippen LogP contribution in [-0.2, 0) is 9.59 Å². The molecule has 1 aromatic carbocycles. The van der Waals surface area contributed by atoms with Crippen LogP contribution in [0.4, 0.5) is 4.79 Å². The lowest BCUT2D eigenvalue weighted by Gasteiger charge is -2.13. The number of benzene rings is 1. The number of urea groups is 1. The van der Waals surface area contributed by atoms with Gasteiger partial charge in [-0.15, -0.1) is 0 Å². The minimum absolute atomic E-state index is 0.0974. The molecule has 0 radical (unpaired) electrons. The number of nitrogens with one attached hydrogen (secondary N) is 1. The van der Waals surface area contributed by atoms with Gasteiger partial charge >= 0.3 is 17.8 Å². The number of nitrogens with zero attached hydrogens (tertiary/aromatic N) is 2. The first kappa shape index (κ1) is 15.0. The summed E-state index contributed by atoms with van der Waals surface area (Å²) in [6, 6.07) is 6.54. The van der Waals surface area contributed by atoms with Gasteiger partial charge < -0.3 is 4.98 Å². The molecule has 1 aliphatic heterocycles. The van der Waals surface area contributed by atoms with Crippen LogP contribution in [0.5, 0.6) is 0 Å². The SMILES string of the molecule is CCN1C(=O)C(=O)N(CC(=O)c2c(C)[nH]c3ccccc23)C1=O. The highest BCUT2D eigenvalue weighted by Crippen LogP contribution is 2.23. The van der Waals surface area contributed by atoms with E-state index >= 15 is 0 Å². The number of likely N-dealkylation sites (N-methyl/N-ethyl adjacent to an activating group) is 1. The van der Waals surface area contributed by atoms with Crippen molar-refractivity contribution in [2.45, 2.75) is 13.8 Å². The minimum atomic E-state index is -0.956. The van der Waals surface area contributed by atoms with Gasteiger partial charge in [-0.2, -0.15) is 0 Å². The van der Waals surface area contributed by atoms with Crippen molar-refractivity contribution < 1.29 is 19.2 Å². The van der Waals surface area contributed by atoms with E-state index in [0.29, 0.717) is 16.2 Å². The zero-order valence-electron chi connectivity index (χ0n) is 12.8. The number of aromatic nitrogens is 1. The van der Waals surface area contributed by atoms with Crippen molar-refractivity contribution >= 4 is 34.5 Å². The van der Waals surface area contributed by atoms with Gasteiger partial charge in [-0.3, -0.25) is 19.3 Å². The third kappa shape index (κ3) is 2.21. The lowest BCUT2D eigenvalue weighted by Crippen LogP contribution is -2.37. The number of Topliss-reactive ketones (excluding diaryl/α,β-unsaturated/α-hetero) is 1. The van der Waals surface area contributed by atoms with Crippen LogP contribution in [0.3, 0.4) is 0 Å². The maximum absolute atomic E-state index is 12.6. The van der Waals surface area contributed by atoms with Crippen LogP contribution in [0, 0.1) is 6.92 Å². The van der Waals surface area contributed by atoms with Crippen LogP contribution in [0.15, 0.2) is 24.3 Å². The second-order valence-electron chi connectivity index (χ2n) is 5.32. The predicted molar refractivity (Wildman–Crippen MR) is 81.9 cm³/mol. The van der Waals surface area contributed by atoms with Gasteiger partial charge in [0, 0.05) is 28.7 Å². The molecular weight excluding hydrogens is 298 g/mol. The van der Waals surface area contributed by atoms with Gasteiger partial charge in [0.2, 0.25) is 0 Å². The molecule has 1 N–H and O–H groups in total. The number of amides is 4. The van der Waals surface area contributed by atoms with E-state index < -0.39 is 24.4 Å². The summed E-state index contributed by atoms with van der Waals surface area (Å²) in [7, 11) is 0. The van der Waals surface area contributed by atoms with Crippen molar-refractivity contribution in [2.75, 3.05) is 13.1 Å². The number of hydrogen-bond acceptors (Lipinski definition) is 4. The fourth-order valence-corrected chi connectivity index (χ4v) is 2.83. The molecule has 2 aromatic rings. The van der Waals surface area contributed by atoms with Crippen LogP contribution >= 0.6 is 0 Å². The smallest absolute Gasteiger partial charge is 0.334 e. The Morgan fingerprint density at radius 1 is 1.09 bits per heavy atom. The predicted octanol–water partition coefficient (Wildman–Crippen LogP) is 1.47. The van der Waals surface area contributed by atoms with E-state index in [9.17, 15) is 19.2 Å². The summed E-state index contributed by atoms with van der Waals surface area (Å²) >= 11 is 0. The number of carbonyl (C=O) groups is 4. The molecule has 4 amide bonds. The largest absolute Gasteiger partial charge is 0.358 e. The Morgan fingerprint density at radius 2 is 1.74 bits per heavy atom. The lowest BCUT2D eigenvalue weighted by atomic mass is 10.1. The molecule has 0 aliphatic carbocycles. The Hall–Kier alpha value is -2.96. The fourth-order valence-electron chi connectivity index (χ4n) is 2.83. The molecule has 1 fully saturated rings. The summed E-state index contributed by atoms with van der Waals surface area (Å²) in [5.74, 6) is -2.23. The Morgan fingerprint density at radius 3 is 2.39 bits per heavy atom. The molecule has 2 heterocycles. The van der Waals surface area contributed by atoms with Crippen molar-refractivity contribution in [2.24, 2.45) is 0 Å². The van der Waals surface area contributed by atoms with Crippen LogP contribution in [0.2, 0.25) is 0 Å². The summed E-state index contributed by atoms with van der Waals surface area (Å²) < 4.78 is 0. The van der Waals surface area contributed by atoms with Gasteiger partial charge in [-0.05, 0) is 19.9 Å². The van der Waals surface area contributed by atoms with Crippen LogP contribution in [0.25, 0.3) is 10.9 Å². The molecule has 118 valence electrons. The first-order chi connectivity index (χ1) is 11.0. The number of H-pyrrole nitrogens is 1. The van der Waals surface area contributed by atoms with E-state index in [1.807, 2.05) is 12.1 Å². The van der Waals surface area contributed by atoms with Gasteiger partial charge in [-0.1, -0.05) is 18.2 Å².